The molecule has 59 heavy (non-hydrogen) atoms. The van der Waals surface area contributed by atoms with Crippen molar-refractivity contribution in [1.29, 1.82) is 5.26 Å². The summed E-state index contributed by atoms with van der Waals surface area (Å²) < 4.78 is 151. The molecule has 0 unspecified atom stereocenters. The highest BCUT2D eigenvalue weighted by Gasteiger charge is 2.73. The van der Waals surface area contributed by atoms with Gasteiger partial charge in [-0.3, -0.25) is 19.3 Å². The average molecular weight is 890 g/mol. The second-order valence-electron chi connectivity index (χ2n) is 14.9. The van der Waals surface area contributed by atoms with Crippen LogP contribution in [0, 0.1) is 23.2 Å². The first kappa shape index (κ1) is 45.3. The lowest BCUT2D eigenvalue weighted by atomic mass is 9.82. The monoisotopic (exact) mass is 888 g/mol. The lowest BCUT2D eigenvalue weighted by Crippen LogP contribution is -2.50. The minimum atomic E-state index is -6.69. The van der Waals surface area contributed by atoms with E-state index in [4.69, 9.17) is 32.7 Å². The van der Waals surface area contributed by atoms with Crippen molar-refractivity contribution in [3.05, 3.63) is 63.9 Å². The molecule has 2 aromatic carbocycles. The summed E-state index contributed by atoms with van der Waals surface area (Å²) in [5, 5.41) is 12.4. The number of hydrogen-bond acceptors (Lipinski definition) is 8. The maximum Gasteiger partial charge on any atom is 0.573 e. The Bertz CT molecular complexity index is 2130. The summed E-state index contributed by atoms with van der Waals surface area (Å²) in [5.74, 6) is -4.69. The summed E-state index contributed by atoms with van der Waals surface area (Å²) in [6.45, 7) is 4.55. The van der Waals surface area contributed by atoms with Crippen molar-refractivity contribution in [2.45, 2.75) is 94.8 Å². The number of amides is 1. The van der Waals surface area contributed by atoms with Gasteiger partial charge in [0, 0.05) is 17.3 Å². The van der Waals surface area contributed by atoms with E-state index in [-0.39, 0.29) is 46.6 Å². The van der Waals surface area contributed by atoms with Gasteiger partial charge >= 0.3 is 36.3 Å². The Morgan fingerprint density at radius 2 is 1.44 bits per heavy atom. The van der Waals surface area contributed by atoms with Crippen LogP contribution in [-0.2, 0) is 24.7 Å². The Labute approximate surface area is 338 Å². The Hall–Kier alpha value is -4.77. The zero-order chi connectivity index (χ0) is 44.1. The van der Waals surface area contributed by atoms with Crippen LogP contribution in [0.25, 0.3) is 16.8 Å². The Morgan fingerprint density at radius 1 is 0.864 bits per heavy atom. The van der Waals surface area contributed by atoms with Crippen LogP contribution in [0.5, 0.6) is 5.75 Å². The first-order chi connectivity index (χ1) is 27.1. The molecular weight excluding hydrogens is 857 g/mol. The van der Waals surface area contributed by atoms with Gasteiger partial charge in [-0.2, -0.15) is 36.7 Å². The average Bonchev–Trinajstić information content (AvgIpc) is 3.76. The van der Waals surface area contributed by atoms with Crippen molar-refractivity contribution in [2.75, 3.05) is 6.73 Å². The summed E-state index contributed by atoms with van der Waals surface area (Å²) in [5.41, 5.74) is -11.8. The predicted octanol–water partition coefficient (Wildman–Crippen LogP) is 10.2. The minimum absolute atomic E-state index is 0.0272. The molecule has 1 amide bonds. The lowest BCUT2D eigenvalue weighted by molar-refractivity contribution is -0.348. The third kappa shape index (κ3) is 9.66. The van der Waals surface area contributed by atoms with Gasteiger partial charge in [0.1, 0.15) is 16.8 Å². The highest BCUT2D eigenvalue weighted by Crippen LogP contribution is 2.55. The van der Waals surface area contributed by atoms with Gasteiger partial charge in [-0.1, -0.05) is 29.3 Å². The fourth-order valence-corrected chi connectivity index (χ4v) is 6.92. The molecule has 3 aromatic rings. The molecule has 10 nitrogen and oxygen atoms in total. The summed E-state index contributed by atoms with van der Waals surface area (Å²) in [7, 11) is 0. The van der Waals surface area contributed by atoms with E-state index in [0.717, 1.165) is 17.3 Å². The number of esters is 2. The van der Waals surface area contributed by atoms with E-state index in [2.05, 4.69) is 9.84 Å². The van der Waals surface area contributed by atoms with Crippen molar-refractivity contribution in [3.63, 3.8) is 0 Å². The van der Waals surface area contributed by atoms with E-state index in [0.29, 0.717) is 30.4 Å². The fourth-order valence-electron chi connectivity index (χ4n) is 6.43. The topological polar surface area (TPSA) is 124 Å². The zero-order valence-corrected chi connectivity index (χ0v) is 32.4. The number of nitriles is 1. The Kier molecular flexibility index (Phi) is 12.3. The summed E-state index contributed by atoms with van der Waals surface area (Å²) in [6.07, 6.45) is -15.4. The molecule has 0 bridgehead atoms. The first-order valence-electron chi connectivity index (χ1n) is 17.5. The number of carbonyl (C=O) groups is 3. The number of nitrogens with zero attached hydrogens (tertiary/aromatic N) is 4. The van der Waals surface area contributed by atoms with Crippen LogP contribution < -0.4 is 4.74 Å². The van der Waals surface area contributed by atoms with Crippen molar-refractivity contribution in [3.8, 4) is 28.6 Å². The van der Waals surface area contributed by atoms with Crippen molar-refractivity contribution in [2.24, 2.45) is 11.8 Å². The van der Waals surface area contributed by atoms with E-state index in [1.165, 1.54) is 18.2 Å². The third-order valence-electron chi connectivity index (χ3n) is 9.61. The molecule has 1 heterocycles. The number of alkyl halides is 10. The molecule has 2 fully saturated rings. The van der Waals surface area contributed by atoms with Crippen LogP contribution in [0.2, 0.25) is 10.0 Å². The molecule has 0 aliphatic heterocycles. The summed E-state index contributed by atoms with van der Waals surface area (Å²) in [6, 6.07) is 5.16. The number of carbonyl (C=O) groups excluding carboxylic acids is 3. The molecule has 2 aliphatic carbocycles. The van der Waals surface area contributed by atoms with Crippen molar-refractivity contribution in [1.82, 2.24) is 14.7 Å². The van der Waals surface area contributed by atoms with Gasteiger partial charge in [-0.25, -0.2) is 9.07 Å². The van der Waals surface area contributed by atoms with Gasteiger partial charge in [0.2, 0.25) is 0 Å². The van der Waals surface area contributed by atoms with Gasteiger partial charge < -0.3 is 14.2 Å². The molecule has 22 heteroatoms. The lowest BCUT2D eigenvalue weighted by Gasteiger charge is -2.31. The van der Waals surface area contributed by atoms with E-state index in [9.17, 15) is 63.5 Å². The minimum Gasteiger partial charge on any atom is -0.460 e. The second kappa shape index (κ2) is 16.0. The van der Waals surface area contributed by atoms with E-state index >= 15 is 0 Å². The van der Waals surface area contributed by atoms with Gasteiger partial charge in [0.05, 0.1) is 39.7 Å². The maximum absolute atomic E-state index is 14.9. The number of aromatic nitrogens is 2. The Morgan fingerprint density at radius 3 is 1.95 bits per heavy atom. The largest absolute Gasteiger partial charge is 0.573 e. The van der Waals surface area contributed by atoms with E-state index in [1.807, 2.05) is 6.07 Å². The van der Waals surface area contributed by atoms with Crippen LogP contribution in [0.1, 0.15) is 75.2 Å². The van der Waals surface area contributed by atoms with Crippen molar-refractivity contribution < 1.29 is 72.5 Å². The molecule has 0 atom stereocenters. The van der Waals surface area contributed by atoms with Gasteiger partial charge in [-0.05, 0) is 89.1 Å². The summed E-state index contributed by atoms with van der Waals surface area (Å²) >= 11 is 12.3. The quantitative estimate of drug-likeness (QED) is 0.112. The van der Waals surface area contributed by atoms with Crippen LogP contribution in [0.15, 0.2) is 42.7 Å². The van der Waals surface area contributed by atoms with Gasteiger partial charge in [0.25, 0.3) is 5.91 Å². The van der Waals surface area contributed by atoms with Gasteiger partial charge in [0.15, 0.2) is 12.5 Å². The van der Waals surface area contributed by atoms with Crippen LogP contribution in [0.3, 0.4) is 0 Å². The molecule has 2 saturated carbocycles. The zero-order valence-electron chi connectivity index (χ0n) is 30.9. The van der Waals surface area contributed by atoms with E-state index < -0.39 is 94.1 Å². The molecule has 0 radical (unpaired) electrons. The molecule has 0 saturated heterocycles. The Balaban J connectivity index is 1.41. The molecule has 0 spiro atoms. The molecular formula is C37H32Cl2F10N4O6. The number of ether oxygens (including phenoxy) is 3. The third-order valence-corrected chi connectivity index (χ3v) is 10.2. The number of rotatable bonds is 10. The van der Waals surface area contributed by atoms with Crippen LogP contribution in [0.4, 0.5) is 43.9 Å². The van der Waals surface area contributed by atoms with Crippen molar-refractivity contribution >= 4 is 41.0 Å². The normalized spacial score (nSPS) is 18.4. The van der Waals surface area contributed by atoms with E-state index in [1.54, 1.807) is 20.8 Å². The standard InChI is InChI=1S/C37H32Cl2F10N4O6/c1-32(2,3)59-31(56)20-6-4-19(5-7-20)30(55)57-18-52(33(17-50)10-11-33)29(54)24-12-21(8-9-25(24)38)22-15-51-53(16-22)28-26(39)13-23(14-27(28)58-37(47,48)49)34(40,35(41,42)43)36(44,45)46/h8-9,12-16,19-20H,4-7,10-11,18H2,1-3H3. The molecule has 1 aromatic heterocycles. The summed E-state index contributed by atoms with van der Waals surface area (Å²) in [4.78, 5) is 40.6. The molecule has 5 rings (SSSR count). The fraction of sp³-hybridized carbons (Fsp3) is 0.486. The predicted molar refractivity (Wildman–Crippen MR) is 187 cm³/mol. The second-order valence-corrected chi connectivity index (χ2v) is 15.7. The van der Waals surface area contributed by atoms with Gasteiger partial charge in [-0.15, -0.1) is 13.2 Å². The molecule has 320 valence electrons. The molecule has 0 N–H and O–H groups in total. The SMILES string of the molecule is CC(C)(C)OC(=O)C1CCC(C(=O)OCN(C(=O)c2cc(-c3cnn(-c4c(Cl)cc(C(F)(C(F)(F)F)C(F)(F)F)cc4OC(F)(F)F)c3)ccc2Cl)C2(C#N)CC2)CC1. The van der Waals surface area contributed by atoms with Crippen LogP contribution in [-0.4, -0.2) is 69.1 Å². The van der Waals surface area contributed by atoms with Crippen LogP contribution >= 0.6 is 23.2 Å². The maximum atomic E-state index is 14.9. The highest BCUT2D eigenvalue weighted by molar-refractivity contribution is 6.34. The number of halogens is 12. The highest BCUT2D eigenvalue weighted by atomic mass is 35.5. The molecule has 2 aliphatic rings. The smallest absolute Gasteiger partial charge is 0.460 e. The number of benzene rings is 2. The number of hydrogen-bond donors (Lipinski definition) is 0. The first-order valence-corrected chi connectivity index (χ1v) is 18.3.